The topological polar surface area (TPSA) is 71.3 Å². The summed E-state index contributed by atoms with van der Waals surface area (Å²) in [5.74, 6) is -1.45. The van der Waals surface area contributed by atoms with Crippen LogP contribution in [0.3, 0.4) is 0 Å². The Labute approximate surface area is 153 Å². The molecule has 0 spiro atoms. The first-order valence-corrected chi connectivity index (χ1v) is 8.93. The van der Waals surface area contributed by atoms with Crippen LogP contribution in [0.5, 0.6) is 0 Å². The summed E-state index contributed by atoms with van der Waals surface area (Å²) in [6.07, 6.45) is 3.91. The van der Waals surface area contributed by atoms with Crippen LogP contribution in [0.4, 0.5) is 4.39 Å². The molecule has 2 aromatic rings. The number of halogens is 1. The second kappa shape index (κ2) is 8.34. The molecule has 0 bridgehead atoms. The molecular formula is C20H27FN2O3. The SMILES string of the molecule is CC(C)(C)[C@H](NC(=O)c1cn(CCCCCF)c2ccccc12)C(=O)O. The minimum Gasteiger partial charge on any atom is -0.480 e. The quantitative estimate of drug-likeness (QED) is 0.697. The highest BCUT2D eigenvalue weighted by molar-refractivity contribution is 6.08. The number of unbranched alkanes of at least 4 members (excludes halogenated alkanes) is 2. The van der Waals surface area contributed by atoms with Gasteiger partial charge in [-0.3, -0.25) is 9.18 Å². The standard InChI is InChI=1S/C20H27FN2O3/c1-20(2,3)17(19(25)26)22-18(24)15-13-23(12-8-4-7-11-21)16-10-6-5-9-14(15)16/h5-6,9-10,13,17H,4,7-8,11-12H2,1-3H3,(H,22,24)(H,25,26)/t17-/m1/s1. The van der Waals surface area contributed by atoms with Gasteiger partial charge in [0.05, 0.1) is 12.2 Å². The molecule has 0 aliphatic rings. The molecule has 0 unspecified atom stereocenters. The number of benzene rings is 1. The number of hydrogen-bond acceptors (Lipinski definition) is 2. The Hall–Kier alpha value is -2.37. The van der Waals surface area contributed by atoms with Crippen LogP contribution >= 0.6 is 0 Å². The molecule has 26 heavy (non-hydrogen) atoms. The molecule has 0 aliphatic heterocycles. The Morgan fingerprint density at radius 1 is 1.19 bits per heavy atom. The van der Waals surface area contributed by atoms with Crippen LogP contribution in [-0.4, -0.2) is 34.3 Å². The van der Waals surface area contributed by atoms with Crippen molar-refractivity contribution in [1.82, 2.24) is 9.88 Å². The van der Waals surface area contributed by atoms with Crippen LogP contribution in [-0.2, 0) is 11.3 Å². The van der Waals surface area contributed by atoms with E-state index >= 15 is 0 Å². The first-order chi connectivity index (χ1) is 12.3. The number of carbonyl (C=O) groups excluding carboxylic acids is 1. The van der Waals surface area contributed by atoms with E-state index in [2.05, 4.69) is 5.32 Å². The lowest BCUT2D eigenvalue weighted by atomic mass is 9.86. The summed E-state index contributed by atoms with van der Waals surface area (Å²) in [5.41, 5.74) is 0.772. The highest BCUT2D eigenvalue weighted by Gasteiger charge is 2.33. The Kier molecular flexibility index (Phi) is 6.40. The summed E-state index contributed by atoms with van der Waals surface area (Å²) in [6.45, 7) is 5.71. The third-order valence-corrected chi connectivity index (χ3v) is 4.45. The first kappa shape index (κ1) is 19.9. The lowest BCUT2D eigenvalue weighted by Gasteiger charge is -2.27. The summed E-state index contributed by atoms with van der Waals surface area (Å²) >= 11 is 0. The minimum atomic E-state index is -1.05. The summed E-state index contributed by atoms with van der Waals surface area (Å²) in [7, 11) is 0. The highest BCUT2D eigenvalue weighted by Crippen LogP contribution is 2.24. The number of amides is 1. The van der Waals surface area contributed by atoms with Crippen molar-refractivity contribution < 1.29 is 19.1 Å². The van der Waals surface area contributed by atoms with E-state index in [9.17, 15) is 19.1 Å². The van der Waals surface area contributed by atoms with Crippen LogP contribution in [0.15, 0.2) is 30.5 Å². The number of carbonyl (C=O) groups is 2. The third-order valence-electron chi connectivity index (χ3n) is 4.45. The molecule has 0 saturated heterocycles. The van der Waals surface area contributed by atoms with Gasteiger partial charge in [-0.15, -0.1) is 0 Å². The van der Waals surface area contributed by atoms with E-state index in [0.717, 1.165) is 23.7 Å². The molecule has 0 saturated carbocycles. The molecule has 0 fully saturated rings. The van der Waals surface area contributed by atoms with E-state index in [0.29, 0.717) is 18.5 Å². The molecule has 1 aromatic carbocycles. The van der Waals surface area contributed by atoms with Crippen molar-refractivity contribution in [2.75, 3.05) is 6.67 Å². The number of para-hydroxylation sites is 1. The second-order valence-corrected chi connectivity index (χ2v) is 7.61. The van der Waals surface area contributed by atoms with Crippen molar-refractivity contribution in [3.05, 3.63) is 36.0 Å². The molecule has 1 aromatic heterocycles. The Morgan fingerprint density at radius 2 is 1.88 bits per heavy atom. The van der Waals surface area contributed by atoms with Crippen LogP contribution in [0.25, 0.3) is 10.9 Å². The molecular weight excluding hydrogens is 335 g/mol. The van der Waals surface area contributed by atoms with Gasteiger partial charge in [-0.05, 0) is 30.7 Å². The average molecular weight is 362 g/mol. The van der Waals surface area contributed by atoms with Crippen molar-refractivity contribution in [3.8, 4) is 0 Å². The molecule has 0 radical (unpaired) electrons. The van der Waals surface area contributed by atoms with Crippen molar-refractivity contribution >= 4 is 22.8 Å². The number of alkyl halides is 1. The number of aromatic nitrogens is 1. The molecule has 1 atom stereocenters. The minimum absolute atomic E-state index is 0.316. The average Bonchev–Trinajstić information content (AvgIpc) is 2.94. The molecule has 2 N–H and O–H groups in total. The van der Waals surface area contributed by atoms with Crippen LogP contribution in [0.2, 0.25) is 0 Å². The highest BCUT2D eigenvalue weighted by atomic mass is 19.1. The van der Waals surface area contributed by atoms with Crippen LogP contribution < -0.4 is 5.32 Å². The van der Waals surface area contributed by atoms with E-state index in [-0.39, 0.29) is 6.67 Å². The molecule has 5 nitrogen and oxygen atoms in total. The number of aliphatic carboxylic acids is 1. The van der Waals surface area contributed by atoms with Crippen molar-refractivity contribution in [2.24, 2.45) is 5.41 Å². The van der Waals surface area contributed by atoms with Gasteiger partial charge < -0.3 is 15.0 Å². The number of nitrogens with zero attached hydrogens (tertiary/aromatic N) is 1. The van der Waals surface area contributed by atoms with E-state index < -0.39 is 23.3 Å². The van der Waals surface area contributed by atoms with Gasteiger partial charge in [-0.2, -0.15) is 0 Å². The predicted molar refractivity (Wildman–Crippen MR) is 100 cm³/mol. The Bertz CT molecular complexity index is 777. The van der Waals surface area contributed by atoms with Crippen molar-refractivity contribution in [3.63, 3.8) is 0 Å². The van der Waals surface area contributed by atoms with Gasteiger partial charge in [-0.25, -0.2) is 4.79 Å². The van der Waals surface area contributed by atoms with Crippen molar-refractivity contribution in [1.29, 1.82) is 0 Å². The van der Waals surface area contributed by atoms with Crippen molar-refractivity contribution in [2.45, 2.75) is 52.6 Å². The lowest BCUT2D eigenvalue weighted by Crippen LogP contribution is -2.49. The summed E-state index contributed by atoms with van der Waals surface area (Å²) in [6, 6.07) is 6.55. The van der Waals surface area contributed by atoms with Gasteiger partial charge in [-0.1, -0.05) is 39.0 Å². The first-order valence-electron chi connectivity index (χ1n) is 8.93. The van der Waals surface area contributed by atoms with Gasteiger partial charge in [0.1, 0.15) is 6.04 Å². The van der Waals surface area contributed by atoms with Crippen LogP contribution in [0, 0.1) is 5.41 Å². The Morgan fingerprint density at radius 3 is 2.50 bits per heavy atom. The molecule has 2 rings (SSSR count). The monoisotopic (exact) mass is 362 g/mol. The fourth-order valence-electron chi connectivity index (χ4n) is 3.02. The van der Waals surface area contributed by atoms with E-state index in [1.807, 2.05) is 28.8 Å². The fourth-order valence-corrected chi connectivity index (χ4v) is 3.02. The lowest BCUT2D eigenvalue weighted by molar-refractivity contribution is -0.142. The number of carboxylic acid groups (broad SMARTS) is 1. The number of nitrogens with one attached hydrogen (secondary N) is 1. The molecule has 1 amide bonds. The molecule has 1 heterocycles. The second-order valence-electron chi connectivity index (χ2n) is 7.61. The van der Waals surface area contributed by atoms with E-state index in [1.54, 1.807) is 27.0 Å². The van der Waals surface area contributed by atoms with E-state index in [4.69, 9.17) is 0 Å². The molecule has 142 valence electrons. The zero-order chi connectivity index (χ0) is 19.3. The number of rotatable bonds is 8. The van der Waals surface area contributed by atoms with Crippen LogP contribution in [0.1, 0.15) is 50.4 Å². The van der Waals surface area contributed by atoms with Gasteiger partial charge in [0.2, 0.25) is 0 Å². The third kappa shape index (κ3) is 4.62. The fraction of sp³-hybridized carbons (Fsp3) is 0.500. The molecule has 0 aliphatic carbocycles. The Balaban J connectivity index is 2.28. The predicted octanol–water partition coefficient (Wildman–Crippen LogP) is 4.01. The summed E-state index contributed by atoms with van der Waals surface area (Å²) < 4.78 is 14.2. The number of carboxylic acids is 1. The summed E-state index contributed by atoms with van der Waals surface area (Å²) in [4.78, 5) is 24.3. The van der Waals surface area contributed by atoms with Gasteiger partial charge >= 0.3 is 5.97 Å². The summed E-state index contributed by atoms with van der Waals surface area (Å²) in [5, 5.41) is 12.9. The maximum Gasteiger partial charge on any atom is 0.326 e. The maximum absolute atomic E-state index is 12.8. The number of fused-ring (bicyclic) bond motifs is 1. The number of hydrogen-bond donors (Lipinski definition) is 2. The van der Waals surface area contributed by atoms with Gasteiger partial charge in [0.15, 0.2) is 0 Å². The largest absolute Gasteiger partial charge is 0.480 e. The van der Waals surface area contributed by atoms with Gasteiger partial charge in [0.25, 0.3) is 5.91 Å². The number of aryl methyl sites for hydroxylation is 1. The zero-order valence-corrected chi connectivity index (χ0v) is 15.6. The molecule has 6 heteroatoms. The normalized spacial score (nSPS) is 12.9. The van der Waals surface area contributed by atoms with Gasteiger partial charge in [0, 0.05) is 23.6 Å². The van der Waals surface area contributed by atoms with E-state index in [1.165, 1.54) is 0 Å². The maximum atomic E-state index is 12.8. The zero-order valence-electron chi connectivity index (χ0n) is 15.6. The smallest absolute Gasteiger partial charge is 0.326 e.